The summed E-state index contributed by atoms with van der Waals surface area (Å²) in [5.41, 5.74) is 0.439. The van der Waals surface area contributed by atoms with E-state index < -0.39 is 23.6 Å². The first-order valence-electron chi connectivity index (χ1n) is 9.54. The van der Waals surface area contributed by atoms with Crippen LogP contribution in [0, 0.1) is 11.7 Å². The van der Waals surface area contributed by atoms with Crippen molar-refractivity contribution in [2.24, 2.45) is 5.92 Å². The average molecular weight is 401 g/mol. The van der Waals surface area contributed by atoms with Crippen molar-refractivity contribution in [1.29, 1.82) is 0 Å². The number of carboxylic acids is 1. The molecule has 8 nitrogen and oxygen atoms in total. The molecule has 1 atom stereocenters. The molecule has 1 aromatic carbocycles. The van der Waals surface area contributed by atoms with Crippen LogP contribution in [0.3, 0.4) is 0 Å². The second-order valence-electron chi connectivity index (χ2n) is 6.98. The number of hydrogen-bond donors (Lipinski definition) is 2. The summed E-state index contributed by atoms with van der Waals surface area (Å²) in [6.45, 7) is 3.19. The van der Waals surface area contributed by atoms with Gasteiger partial charge in [-0.25, -0.2) is 14.4 Å². The molecule has 1 amide bonds. The number of amides is 1. The normalized spacial score (nSPS) is 16.1. The smallest absolute Gasteiger partial charge is 0.308 e. The second kappa shape index (κ2) is 9.92. The van der Waals surface area contributed by atoms with Crippen LogP contribution in [0.2, 0.25) is 0 Å². The number of aromatic nitrogens is 2. The Balaban J connectivity index is 1.53. The van der Waals surface area contributed by atoms with E-state index in [9.17, 15) is 19.1 Å². The van der Waals surface area contributed by atoms with E-state index >= 15 is 0 Å². The summed E-state index contributed by atoms with van der Waals surface area (Å²) < 4.78 is 13.0. The van der Waals surface area contributed by atoms with Gasteiger partial charge in [-0.2, -0.15) is 0 Å². The Morgan fingerprint density at radius 2 is 1.83 bits per heavy atom. The number of hydrogen-bond acceptors (Lipinski definition) is 6. The van der Waals surface area contributed by atoms with Gasteiger partial charge in [0, 0.05) is 50.7 Å². The summed E-state index contributed by atoms with van der Waals surface area (Å²) in [7, 11) is 0. The van der Waals surface area contributed by atoms with Crippen LogP contribution in [-0.4, -0.2) is 64.6 Å². The van der Waals surface area contributed by atoms with Gasteiger partial charge in [0.2, 0.25) is 11.9 Å². The van der Waals surface area contributed by atoms with Crippen molar-refractivity contribution in [3.63, 3.8) is 0 Å². The van der Waals surface area contributed by atoms with Crippen molar-refractivity contribution in [3.8, 4) is 0 Å². The summed E-state index contributed by atoms with van der Waals surface area (Å²) in [4.78, 5) is 36.6. The highest BCUT2D eigenvalue weighted by molar-refractivity contribution is 5.93. The van der Waals surface area contributed by atoms with E-state index in [1.54, 1.807) is 18.5 Å². The molecule has 29 heavy (non-hydrogen) atoms. The highest BCUT2D eigenvalue weighted by Crippen LogP contribution is 2.15. The molecule has 0 aliphatic carbocycles. The van der Waals surface area contributed by atoms with Gasteiger partial charge in [-0.1, -0.05) is 0 Å². The number of carbonyl (C=O) groups is 2. The lowest BCUT2D eigenvalue weighted by Crippen LogP contribution is -2.38. The van der Waals surface area contributed by atoms with Gasteiger partial charge in [0.15, 0.2) is 0 Å². The zero-order chi connectivity index (χ0) is 20.6. The molecule has 1 aliphatic heterocycles. The first kappa shape index (κ1) is 20.7. The highest BCUT2D eigenvalue weighted by atomic mass is 19.1. The van der Waals surface area contributed by atoms with Crippen molar-refractivity contribution < 1.29 is 19.1 Å². The highest BCUT2D eigenvalue weighted by Gasteiger charge is 2.26. The standard InChI is InChI=1S/C20H24FN5O3/c21-16-3-5-17(6-4-16)24-18(27)13-15(19(28)29)14-25-9-2-10-26(12-11-25)20-22-7-1-8-23-20/h1,3-8,15H,2,9-14H2,(H,24,27)(H,28,29)/t15-/m0/s1. The molecule has 2 N–H and O–H groups in total. The summed E-state index contributed by atoms with van der Waals surface area (Å²) in [5.74, 6) is -1.97. The molecule has 3 rings (SSSR count). The minimum atomic E-state index is -1.01. The summed E-state index contributed by atoms with van der Waals surface area (Å²) >= 11 is 0. The maximum absolute atomic E-state index is 13.0. The van der Waals surface area contributed by atoms with Crippen LogP contribution in [0.1, 0.15) is 12.8 Å². The number of nitrogens with one attached hydrogen (secondary N) is 1. The van der Waals surface area contributed by atoms with Crippen LogP contribution in [0.25, 0.3) is 0 Å². The molecule has 1 aromatic heterocycles. The van der Waals surface area contributed by atoms with E-state index in [1.165, 1.54) is 24.3 Å². The number of rotatable bonds is 7. The molecule has 154 valence electrons. The van der Waals surface area contributed by atoms with E-state index in [0.717, 1.165) is 19.5 Å². The van der Waals surface area contributed by atoms with Crippen LogP contribution in [-0.2, 0) is 9.59 Å². The topological polar surface area (TPSA) is 98.7 Å². The quantitative estimate of drug-likeness (QED) is 0.731. The molecule has 2 aromatic rings. The van der Waals surface area contributed by atoms with Gasteiger partial charge in [-0.05, 0) is 43.3 Å². The number of anilines is 2. The Kier molecular flexibility index (Phi) is 7.07. The Hall–Kier alpha value is -3.07. The number of halogens is 1. The monoisotopic (exact) mass is 401 g/mol. The minimum absolute atomic E-state index is 0.144. The predicted molar refractivity (Wildman–Crippen MR) is 106 cm³/mol. The largest absolute Gasteiger partial charge is 0.481 e. The van der Waals surface area contributed by atoms with Crippen LogP contribution in [0.4, 0.5) is 16.0 Å². The fraction of sp³-hybridized carbons (Fsp3) is 0.400. The van der Waals surface area contributed by atoms with Gasteiger partial charge in [-0.15, -0.1) is 0 Å². The number of benzene rings is 1. The molecular weight excluding hydrogens is 377 g/mol. The molecule has 0 saturated carbocycles. The van der Waals surface area contributed by atoms with Crippen LogP contribution >= 0.6 is 0 Å². The maximum atomic E-state index is 13.0. The van der Waals surface area contributed by atoms with Gasteiger partial charge in [0.05, 0.1) is 5.92 Å². The summed E-state index contributed by atoms with van der Waals surface area (Å²) in [6, 6.07) is 7.13. The molecule has 1 fully saturated rings. The summed E-state index contributed by atoms with van der Waals surface area (Å²) in [5, 5.41) is 12.2. The van der Waals surface area contributed by atoms with Gasteiger partial charge in [-0.3, -0.25) is 9.59 Å². The zero-order valence-corrected chi connectivity index (χ0v) is 16.0. The van der Waals surface area contributed by atoms with Gasteiger partial charge in [0.25, 0.3) is 0 Å². The van der Waals surface area contributed by atoms with E-state index in [4.69, 9.17) is 0 Å². The van der Waals surface area contributed by atoms with Crippen molar-refractivity contribution in [2.75, 3.05) is 42.9 Å². The van der Waals surface area contributed by atoms with Crippen LogP contribution < -0.4 is 10.2 Å². The third-order valence-electron chi connectivity index (χ3n) is 4.81. The maximum Gasteiger partial charge on any atom is 0.308 e. The Bertz CT molecular complexity index is 819. The minimum Gasteiger partial charge on any atom is -0.481 e. The van der Waals surface area contributed by atoms with E-state index in [1.807, 2.05) is 0 Å². The molecule has 0 radical (unpaired) electrons. The third-order valence-corrected chi connectivity index (χ3v) is 4.81. The van der Waals surface area contributed by atoms with Crippen molar-refractivity contribution in [2.45, 2.75) is 12.8 Å². The lowest BCUT2D eigenvalue weighted by molar-refractivity contribution is -0.144. The Morgan fingerprint density at radius 1 is 1.10 bits per heavy atom. The third kappa shape index (κ3) is 6.21. The van der Waals surface area contributed by atoms with Gasteiger partial charge >= 0.3 is 5.97 Å². The molecule has 1 aliphatic rings. The SMILES string of the molecule is O=C(C[C@@H](CN1CCCN(c2ncccn2)CC1)C(=O)O)Nc1ccc(F)cc1. The van der Waals surface area contributed by atoms with E-state index in [0.29, 0.717) is 24.7 Å². The first-order chi connectivity index (χ1) is 14.0. The van der Waals surface area contributed by atoms with Gasteiger partial charge in [0.1, 0.15) is 5.82 Å². The molecule has 1 saturated heterocycles. The number of carbonyl (C=O) groups excluding carboxylic acids is 1. The summed E-state index contributed by atoms with van der Waals surface area (Å²) in [6.07, 6.45) is 4.11. The Labute approximate surface area is 168 Å². The van der Waals surface area contributed by atoms with E-state index in [-0.39, 0.29) is 13.0 Å². The number of carboxylic acid groups (broad SMARTS) is 1. The first-order valence-corrected chi connectivity index (χ1v) is 9.54. The predicted octanol–water partition coefficient (Wildman–Crippen LogP) is 1.86. The number of aliphatic carboxylic acids is 1. The van der Waals surface area contributed by atoms with Crippen molar-refractivity contribution in [1.82, 2.24) is 14.9 Å². The molecule has 0 bridgehead atoms. The Morgan fingerprint density at radius 3 is 2.52 bits per heavy atom. The van der Waals surface area contributed by atoms with E-state index in [2.05, 4.69) is 25.1 Å². The fourth-order valence-corrected chi connectivity index (χ4v) is 3.32. The molecule has 0 spiro atoms. The van der Waals surface area contributed by atoms with Crippen molar-refractivity contribution in [3.05, 3.63) is 48.5 Å². The number of nitrogens with zero attached hydrogens (tertiary/aromatic N) is 4. The second-order valence-corrected chi connectivity index (χ2v) is 6.98. The molecular formula is C20H24FN5O3. The van der Waals surface area contributed by atoms with Crippen LogP contribution in [0.5, 0.6) is 0 Å². The molecule has 2 heterocycles. The molecule has 9 heteroatoms. The van der Waals surface area contributed by atoms with Gasteiger partial charge < -0.3 is 20.2 Å². The average Bonchev–Trinajstić information content (AvgIpc) is 2.95. The lowest BCUT2D eigenvalue weighted by atomic mass is 10.0. The van der Waals surface area contributed by atoms with Crippen molar-refractivity contribution >= 4 is 23.5 Å². The molecule has 0 unspecified atom stereocenters. The zero-order valence-electron chi connectivity index (χ0n) is 16.0. The van der Waals surface area contributed by atoms with Crippen LogP contribution in [0.15, 0.2) is 42.7 Å². The fourth-order valence-electron chi connectivity index (χ4n) is 3.32. The lowest BCUT2D eigenvalue weighted by Gasteiger charge is -2.24.